The number of nitrogens with zero attached hydrogens (tertiary/aromatic N) is 1. The molecule has 0 aliphatic heterocycles. The number of aryl methyl sites for hydroxylation is 1. The number of hydrogen-bond acceptors (Lipinski definition) is 1. The van der Waals surface area contributed by atoms with Crippen LogP contribution in [0.3, 0.4) is 0 Å². The van der Waals surface area contributed by atoms with Crippen molar-refractivity contribution in [2.24, 2.45) is 0 Å². The number of aromatic nitrogens is 1. The van der Waals surface area contributed by atoms with Gasteiger partial charge in [0.05, 0.1) is 5.69 Å². The van der Waals surface area contributed by atoms with Crippen LogP contribution in [0, 0.1) is 12.7 Å². The van der Waals surface area contributed by atoms with E-state index in [1.807, 2.05) is 13.8 Å². The molecule has 0 fully saturated rings. The summed E-state index contributed by atoms with van der Waals surface area (Å²) in [6.45, 7) is 5.76. The summed E-state index contributed by atoms with van der Waals surface area (Å²) in [6, 6.07) is 3.20. The molecule has 2 heteroatoms. The fraction of sp³-hybridized carbons (Fsp3) is 0.444. The molecule has 1 aromatic rings. The molecule has 0 bridgehead atoms. The summed E-state index contributed by atoms with van der Waals surface area (Å²) in [5.41, 5.74) is 1.43. The lowest BCUT2D eigenvalue weighted by Crippen LogP contribution is -1.96. The highest BCUT2D eigenvalue weighted by atomic mass is 19.1. The number of pyridine rings is 1. The van der Waals surface area contributed by atoms with Crippen molar-refractivity contribution in [2.75, 3.05) is 0 Å². The average Bonchev–Trinajstić information content (AvgIpc) is 1.94. The van der Waals surface area contributed by atoms with E-state index in [1.54, 1.807) is 13.0 Å². The monoisotopic (exact) mass is 153 g/mol. The van der Waals surface area contributed by atoms with Gasteiger partial charge in [-0.2, -0.15) is 0 Å². The maximum Gasteiger partial charge on any atom is 0.144 e. The van der Waals surface area contributed by atoms with Gasteiger partial charge in [0.2, 0.25) is 0 Å². The van der Waals surface area contributed by atoms with E-state index < -0.39 is 0 Å². The molecule has 0 saturated heterocycles. The van der Waals surface area contributed by atoms with Crippen molar-refractivity contribution in [1.29, 1.82) is 0 Å². The molecule has 0 aromatic carbocycles. The predicted octanol–water partition coefficient (Wildman–Crippen LogP) is 2.65. The first-order valence-electron chi connectivity index (χ1n) is 3.74. The Hall–Kier alpha value is -0.920. The van der Waals surface area contributed by atoms with E-state index in [9.17, 15) is 4.39 Å². The zero-order valence-corrected chi connectivity index (χ0v) is 7.06. The Labute approximate surface area is 66.3 Å². The molecule has 1 heterocycles. The molecule has 0 unspecified atom stereocenters. The van der Waals surface area contributed by atoms with Gasteiger partial charge in [0.15, 0.2) is 0 Å². The number of halogens is 1. The van der Waals surface area contributed by atoms with Gasteiger partial charge in [0.1, 0.15) is 5.82 Å². The van der Waals surface area contributed by atoms with Crippen molar-refractivity contribution in [3.05, 3.63) is 29.3 Å². The Morgan fingerprint density at radius 1 is 1.36 bits per heavy atom. The van der Waals surface area contributed by atoms with Gasteiger partial charge < -0.3 is 0 Å². The molecular weight excluding hydrogens is 141 g/mol. The summed E-state index contributed by atoms with van der Waals surface area (Å²) >= 11 is 0. The van der Waals surface area contributed by atoms with E-state index in [0.29, 0.717) is 11.6 Å². The minimum Gasteiger partial charge on any atom is -0.255 e. The highest BCUT2D eigenvalue weighted by Crippen LogP contribution is 2.12. The molecule has 0 spiro atoms. The third-order valence-corrected chi connectivity index (χ3v) is 1.63. The van der Waals surface area contributed by atoms with Gasteiger partial charge in [-0.05, 0) is 25.0 Å². The summed E-state index contributed by atoms with van der Waals surface area (Å²) in [5.74, 6) is 0.142. The molecule has 0 N–H and O–H groups in total. The van der Waals surface area contributed by atoms with Gasteiger partial charge in [0, 0.05) is 5.69 Å². The van der Waals surface area contributed by atoms with Crippen molar-refractivity contribution < 1.29 is 4.39 Å². The molecule has 0 atom stereocenters. The van der Waals surface area contributed by atoms with Crippen LogP contribution in [0.4, 0.5) is 4.39 Å². The largest absolute Gasteiger partial charge is 0.255 e. The Morgan fingerprint density at radius 2 is 2.00 bits per heavy atom. The van der Waals surface area contributed by atoms with Crippen molar-refractivity contribution in [3.8, 4) is 0 Å². The predicted molar refractivity (Wildman–Crippen MR) is 43.0 cm³/mol. The average molecular weight is 153 g/mol. The minimum absolute atomic E-state index is 0.227. The van der Waals surface area contributed by atoms with Crippen LogP contribution in [0.15, 0.2) is 12.1 Å². The lowest BCUT2D eigenvalue weighted by atomic mass is 10.1. The molecule has 0 saturated carbocycles. The van der Waals surface area contributed by atoms with E-state index >= 15 is 0 Å². The first kappa shape index (κ1) is 8.18. The summed E-state index contributed by atoms with van der Waals surface area (Å²) in [4.78, 5) is 4.10. The van der Waals surface area contributed by atoms with Crippen molar-refractivity contribution in [2.45, 2.75) is 26.7 Å². The summed E-state index contributed by atoms with van der Waals surface area (Å²) in [5, 5.41) is 0. The molecular formula is C9H12FN. The van der Waals surface area contributed by atoms with E-state index in [-0.39, 0.29) is 5.82 Å². The summed E-state index contributed by atoms with van der Waals surface area (Å²) < 4.78 is 12.7. The second kappa shape index (κ2) is 2.99. The Balaban J connectivity index is 3.05. The SMILES string of the molecule is Cc1nc(C(C)C)ccc1F. The number of rotatable bonds is 1. The van der Waals surface area contributed by atoms with Gasteiger partial charge in [-0.1, -0.05) is 13.8 Å². The molecule has 0 amide bonds. The second-order valence-corrected chi connectivity index (χ2v) is 2.96. The fourth-order valence-electron chi connectivity index (χ4n) is 0.885. The maximum atomic E-state index is 12.7. The molecule has 0 aliphatic carbocycles. The van der Waals surface area contributed by atoms with Crippen LogP contribution in [0.2, 0.25) is 0 Å². The van der Waals surface area contributed by atoms with E-state index in [0.717, 1.165) is 5.69 Å². The van der Waals surface area contributed by atoms with Crippen LogP contribution in [0.1, 0.15) is 31.2 Å². The number of hydrogen-bond donors (Lipinski definition) is 0. The minimum atomic E-state index is -0.227. The molecule has 1 nitrogen and oxygen atoms in total. The van der Waals surface area contributed by atoms with Gasteiger partial charge in [-0.15, -0.1) is 0 Å². The first-order chi connectivity index (χ1) is 5.11. The highest BCUT2D eigenvalue weighted by Gasteiger charge is 2.03. The van der Waals surface area contributed by atoms with E-state index in [4.69, 9.17) is 0 Å². The van der Waals surface area contributed by atoms with Crippen LogP contribution >= 0.6 is 0 Å². The Kier molecular flexibility index (Phi) is 2.22. The Bertz CT molecular complexity index is 256. The zero-order valence-electron chi connectivity index (χ0n) is 7.06. The van der Waals surface area contributed by atoms with Gasteiger partial charge >= 0.3 is 0 Å². The van der Waals surface area contributed by atoms with Crippen LogP contribution in [-0.4, -0.2) is 4.98 Å². The zero-order chi connectivity index (χ0) is 8.43. The van der Waals surface area contributed by atoms with Crippen molar-refractivity contribution in [1.82, 2.24) is 4.98 Å². The highest BCUT2D eigenvalue weighted by molar-refractivity contribution is 5.14. The standard InChI is InChI=1S/C9H12FN/c1-6(2)9-5-4-8(10)7(3)11-9/h4-6H,1-3H3. The van der Waals surface area contributed by atoms with Gasteiger partial charge in [-0.3, -0.25) is 4.98 Å². The van der Waals surface area contributed by atoms with Crippen LogP contribution in [0.5, 0.6) is 0 Å². The molecule has 1 aromatic heterocycles. The second-order valence-electron chi connectivity index (χ2n) is 2.96. The third-order valence-electron chi connectivity index (χ3n) is 1.63. The van der Waals surface area contributed by atoms with Crippen LogP contribution < -0.4 is 0 Å². The molecule has 11 heavy (non-hydrogen) atoms. The Morgan fingerprint density at radius 3 is 2.45 bits per heavy atom. The van der Waals surface area contributed by atoms with Gasteiger partial charge in [0.25, 0.3) is 0 Å². The molecule has 0 aliphatic rings. The van der Waals surface area contributed by atoms with Crippen LogP contribution in [0.25, 0.3) is 0 Å². The maximum absolute atomic E-state index is 12.7. The van der Waals surface area contributed by atoms with E-state index in [1.165, 1.54) is 6.07 Å². The normalized spacial score (nSPS) is 10.6. The summed E-state index contributed by atoms with van der Waals surface area (Å²) in [6.07, 6.45) is 0. The third kappa shape index (κ3) is 1.76. The van der Waals surface area contributed by atoms with E-state index in [2.05, 4.69) is 4.98 Å². The summed E-state index contributed by atoms with van der Waals surface area (Å²) in [7, 11) is 0. The smallest absolute Gasteiger partial charge is 0.144 e. The first-order valence-corrected chi connectivity index (χ1v) is 3.74. The molecule has 1 rings (SSSR count). The molecule has 60 valence electrons. The molecule has 0 radical (unpaired) electrons. The fourth-order valence-corrected chi connectivity index (χ4v) is 0.885. The van der Waals surface area contributed by atoms with Crippen LogP contribution in [-0.2, 0) is 0 Å². The quantitative estimate of drug-likeness (QED) is 0.604. The van der Waals surface area contributed by atoms with Crippen molar-refractivity contribution >= 4 is 0 Å². The topological polar surface area (TPSA) is 12.9 Å². The lowest BCUT2D eigenvalue weighted by molar-refractivity contribution is 0.604. The van der Waals surface area contributed by atoms with Crippen molar-refractivity contribution in [3.63, 3.8) is 0 Å². The van der Waals surface area contributed by atoms with Gasteiger partial charge in [-0.25, -0.2) is 4.39 Å². The lowest BCUT2D eigenvalue weighted by Gasteiger charge is -2.04.